The molecule has 4 unspecified atom stereocenters. The van der Waals surface area contributed by atoms with Crippen molar-refractivity contribution in [2.75, 3.05) is 9.80 Å². The van der Waals surface area contributed by atoms with Gasteiger partial charge in [-0.05, 0) is 190 Å². The molecule has 2 nitrogen and oxygen atoms in total. The highest BCUT2D eigenvalue weighted by Gasteiger charge is 2.49. The topological polar surface area (TPSA) is 6.48 Å². The Labute approximate surface area is 468 Å². The number of rotatable bonds is 20. The molecule has 0 saturated heterocycles. The minimum absolute atomic E-state index is 0.0629. The quantitative estimate of drug-likeness (QED) is 0.0702. The second-order valence-electron chi connectivity index (χ2n) is 19.5. The van der Waals surface area contributed by atoms with Gasteiger partial charge < -0.3 is 9.80 Å². The fourth-order valence-electron chi connectivity index (χ4n) is 11.4. The molecule has 0 radical (unpaired) electrons. The summed E-state index contributed by atoms with van der Waals surface area (Å²) in [5.41, 5.74) is 12.8. The van der Waals surface area contributed by atoms with E-state index < -0.39 is 36.3 Å². The minimum atomic E-state index is -1.61. The van der Waals surface area contributed by atoms with Crippen molar-refractivity contribution < 1.29 is 11.0 Å². The zero-order chi connectivity index (χ0) is 59.5. The van der Waals surface area contributed by atoms with Crippen LogP contribution in [0.15, 0.2) is 293 Å². The lowest BCUT2D eigenvalue weighted by Gasteiger charge is -2.39. The molecule has 11 rings (SSSR count). The summed E-state index contributed by atoms with van der Waals surface area (Å²) in [6, 6.07) is 64.3. The lowest BCUT2D eigenvalue weighted by Crippen LogP contribution is -2.35. The first-order valence-corrected chi connectivity index (χ1v) is 26.5. The molecule has 0 aromatic heterocycles. The van der Waals surface area contributed by atoms with E-state index in [-0.39, 0.29) is 46.5 Å². The Hall–Kier alpha value is -8.98. The van der Waals surface area contributed by atoms with Crippen molar-refractivity contribution in [3.05, 3.63) is 326 Å². The highest BCUT2D eigenvalue weighted by molar-refractivity contribution is 5.88. The van der Waals surface area contributed by atoms with Crippen LogP contribution in [0.25, 0.3) is 39.0 Å². The molecule has 0 bridgehead atoms. The van der Waals surface area contributed by atoms with Gasteiger partial charge in [0.15, 0.2) is 0 Å². The number of benzene rings is 9. The van der Waals surface area contributed by atoms with Gasteiger partial charge in [0.1, 0.15) is 0 Å². The smallest absolute Gasteiger partial charge is 0.0641 e. The summed E-state index contributed by atoms with van der Waals surface area (Å²) in [4.78, 5) is 3.94. The molecule has 0 aliphatic heterocycles. The second-order valence-corrected chi connectivity index (χ2v) is 19.5. The largest absolute Gasteiger partial charge is 0.314 e. The van der Waals surface area contributed by atoms with Crippen LogP contribution in [0.5, 0.6) is 0 Å². The molecule has 2 aliphatic rings. The monoisotopic (exact) mass is 1000 g/mol. The molecule has 0 spiro atoms. The first-order valence-electron chi connectivity index (χ1n) is 30.7. The van der Waals surface area contributed by atoms with Crippen LogP contribution in [0.2, 0.25) is 0 Å². The average molecular weight is 1000 g/mol. The van der Waals surface area contributed by atoms with Crippen LogP contribution >= 0.6 is 0 Å². The van der Waals surface area contributed by atoms with Crippen molar-refractivity contribution in [2.24, 2.45) is 5.92 Å². The first-order chi connectivity index (χ1) is 41.4. The van der Waals surface area contributed by atoms with Crippen LogP contribution in [-0.2, 0) is 18.3 Å². The highest BCUT2D eigenvalue weighted by Crippen LogP contribution is 2.58. The average Bonchev–Trinajstić information content (AvgIpc) is 1.63. The lowest BCUT2D eigenvalue weighted by atomic mass is 9.63. The number of fused-ring (bicyclic) bond motifs is 3. The van der Waals surface area contributed by atoms with Crippen molar-refractivity contribution >= 4 is 34.0 Å². The predicted molar refractivity (Wildman–Crippen MR) is 330 cm³/mol. The zero-order valence-electron chi connectivity index (χ0n) is 51.4. The van der Waals surface area contributed by atoms with Crippen molar-refractivity contribution in [3.8, 4) is 33.4 Å². The van der Waals surface area contributed by atoms with E-state index in [1.54, 1.807) is 12.1 Å². The van der Waals surface area contributed by atoms with Gasteiger partial charge in [0, 0.05) is 36.9 Å². The van der Waals surface area contributed by atoms with Gasteiger partial charge >= 0.3 is 0 Å². The molecule has 2 heteroatoms. The van der Waals surface area contributed by atoms with E-state index in [4.69, 9.17) is 0 Å². The number of nitrogens with zero attached hydrogens (tertiary/aromatic N) is 2. The standard InChI is InChI=1S/C75H66N2/c1-5-9-24-55-40-41-62(52-60(55)25-10-6-2)61-26-22-33-69(53-61)77(70-50-51-72-71-34-20-21-35-73(71)75(74(72)54-70,63(8-4)23-7-3)64-27-14-11-15-28-64)68-48-44-59(45-49-68)57-38-36-56(37-39-57)58-42-46-67(47-43-58)76(65-29-16-12-17-30-65)66-31-18-13-19-32-66/h5-8,11-22,26-44,46-48,50-54,63H,1-4,9-10,23-25,45,49H2/i36D,37D,38D,39D,44D,45D,48D,49D. The molecule has 0 amide bonds. The van der Waals surface area contributed by atoms with Crippen LogP contribution in [-0.4, -0.2) is 0 Å². The summed E-state index contributed by atoms with van der Waals surface area (Å²) in [5.74, 6) is -0.156. The third-order valence-electron chi connectivity index (χ3n) is 15.0. The maximum absolute atomic E-state index is 10.2. The van der Waals surface area contributed by atoms with E-state index in [0.29, 0.717) is 23.4 Å². The zero-order valence-corrected chi connectivity index (χ0v) is 43.4. The molecule has 0 heterocycles. The number of hydrogen-bond donors (Lipinski definition) is 0. The fraction of sp³-hybridized carbons (Fsp3) is 0.120. The molecule has 4 atom stereocenters. The molecule has 0 N–H and O–H groups in total. The third kappa shape index (κ3) is 9.92. The second kappa shape index (κ2) is 22.9. The maximum Gasteiger partial charge on any atom is 0.0641 e. The maximum atomic E-state index is 10.2. The Morgan fingerprint density at radius 2 is 1.03 bits per heavy atom. The van der Waals surface area contributed by atoms with E-state index in [1.807, 2.05) is 144 Å². The highest BCUT2D eigenvalue weighted by atomic mass is 15.2. The minimum Gasteiger partial charge on any atom is -0.314 e. The molecular formula is C75H66N2. The van der Waals surface area contributed by atoms with Crippen molar-refractivity contribution in [1.82, 2.24) is 0 Å². The molecule has 0 fully saturated rings. The fourth-order valence-corrected chi connectivity index (χ4v) is 11.4. The molecule has 2 aliphatic carbocycles. The van der Waals surface area contributed by atoms with Gasteiger partial charge in [-0.15, -0.1) is 26.3 Å². The Kier molecular flexibility index (Phi) is 12.3. The van der Waals surface area contributed by atoms with Crippen molar-refractivity contribution in [2.45, 2.75) is 50.3 Å². The van der Waals surface area contributed by atoms with Gasteiger partial charge in [-0.2, -0.15) is 0 Å². The number of anilines is 5. The van der Waals surface area contributed by atoms with Gasteiger partial charge in [0.2, 0.25) is 0 Å². The SMILES string of the molecule is [2H]C1=C(c2c([2H])c([2H])c(-c3ccc(N(c4ccccc4)c4ccccc4)cc3)c([2H])c2[2H])C([2H])C([2H])C(N(c2cccc(-c3ccc(CCC=C)c(CCC=C)c3)c2)c2ccc3c(c2)C(c2ccccc2)(C(C=C)CC=C)c2ccccc2-3)=C1[2H]. The Bertz CT molecular complexity index is 4010. The Balaban J connectivity index is 1.08. The Morgan fingerprint density at radius 1 is 0.455 bits per heavy atom. The van der Waals surface area contributed by atoms with Gasteiger partial charge in [0.25, 0.3) is 0 Å². The van der Waals surface area contributed by atoms with E-state index >= 15 is 0 Å². The molecule has 77 heavy (non-hydrogen) atoms. The number of hydrogen-bond acceptors (Lipinski definition) is 2. The molecule has 9 aromatic carbocycles. The van der Waals surface area contributed by atoms with Crippen molar-refractivity contribution in [3.63, 3.8) is 0 Å². The van der Waals surface area contributed by atoms with E-state index in [1.165, 1.54) is 11.1 Å². The summed E-state index contributed by atoms with van der Waals surface area (Å²) in [5, 5.41) is 0. The number of para-hydroxylation sites is 2. The predicted octanol–water partition coefficient (Wildman–Crippen LogP) is 20.3. The molecule has 0 saturated carbocycles. The normalized spacial score (nSPS) is 18.4. The summed E-state index contributed by atoms with van der Waals surface area (Å²) in [6.07, 6.45) is 8.59. The third-order valence-corrected chi connectivity index (χ3v) is 15.0. The summed E-state index contributed by atoms with van der Waals surface area (Å²) < 4.78 is 78.3. The van der Waals surface area contributed by atoms with E-state index in [9.17, 15) is 11.0 Å². The lowest BCUT2D eigenvalue weighted by molar-refractivity contribution is 0.461. The Morgan fingerprint density at radius 3 is 1.71 bits per heavy atom. The number of aryl methyl sites for hydroxylation is 2. The van der Waals surface area contributed by atoms with Gasteiger partial charge in [-0.3, -0.25) is 0 Å². The first kappa shape index (κ1) is 41.3. The van der Waals surface area contributed by atoms with Crippen LogP contribution in [0.1, 0.15) is 76.4 Å². The summed E-state index contributed by atoms with van der Waals surface area (Å²) >= 11 is 0. The molecule has 376 valence electrons. The van der Waals surface area contributed by atoms with Crippen LogP contribution in [0.3, 0.4) is 0 Å². The van der Waals surface area contributed by atoms with E-state index in [0.717, 1.165) is 81.7 Å². The molecular weight excluding hydrogens is 929 g/mol. The van der Waals surface area contributed by atoms with Gasteiger partial charge in [0.05, 0.1) is 13.6 Å². The van der Waals surface area contributed by atoms with Gasteiger partial charge in [-0.1, -0.05) is 194 Å². The van der Waals surface area contributed by atoms with Crippen molar-refractivity contribution in [1.29, 1.82) is 0 Å². The molecule has 9 aromatic rings. The van der Waals surface area contributed by atoms with Gasteiger partial charge in [-0.25, -0.2) is 0 Å². The van der Waals surface area contributed by atoms with Crippen LogP contribution < -0.4 is 9.80 Å². The summed E-state index contributed by atoms with van der Waals surface area (Å²) in [7, 11) is 0. The van der Waals surface area contributed by atoms with Crippen LogP contribution in [0.4, 0.5) is 28.4 Å². The summed E-state index contributed by atoms with van der Waals surface area (Å²) in [6.45, 7) is 16.6. The van der Waals surface area contributed by atoms with Crippen LogP contribution in [0, 0.1) is 5.92 Å². The number of allylic oxidation sites excluding steroid dienone is 8. The van der Waals surface area contributed by atoms with E-state index in [2.05, 4.69) is 104 Å².